The number of carboxylic acid groups (broad SMARTS) is 1. The topological polar surface area (TPSA) is 90.4 Å². The van der Waals surface area contributed by atoms with Gasteiger partial charge in [0.15, 0.2) is 0 Å². The Labute approximate surface area is 208 Å². The van der Waals surface area contributed by atoms with E-state index < -0.39 is 5.97 Å². The summed E-state index contributed by atoms with van der Waals surface area (Å²) in [5.41, 5.74) is 6.82. The molecule has 5 aromatic rings. The normalized spacial score (nSPS) is 15.5. The zero-order chi connectivity index (χ0) is 24.8. The summed E-state index contributed by atoms with van der Waals surface area (Å²) < 4.78 is 13.5. The van der Waals surface area contributed by atoms with Crippen molar-refractivity contribution in [3.8, 4) is 11.1 Å². The van der Waals surface area contributed by atoms with E-state index in [0.717, 1.165) is 57.4 Å². The smallest absolute Gasteiger partial charge is 0.335 e. The van der Waals surface area contributed by atoms with Gasteiger partial charge in [0.1, 0.15) is 5.76 Å². The number of rotatable bonds is 5. The molecule has 0 radical (unpaired) electrons. The van der Waals surface area contributed by atoms with Crippen LogP contribution in [0.5, 0.6) is 0 Å². The van der Waals surface area contributed by atoms with Gasteiger partial charge in [-0.2, -0.15) is 0 Å². The molecule has 1 atom stereocenters. The number of pyridine rings is 1. The van der Waals surface area contributed by atoms with E-state index in [4.69, 9.17) is 14.2 Å². The van der Waals surface area contributed by atoms with E-state index in [1.807, 2.05) is 32.2 Å². The molecule has 7 nitrogen and oxygen atoms in total. The maximum absolute atomic E-state index is 11.9. The lowest BCUT2D eigenvalue weighted by atomic mass is 9.86. The van der Waals surface area contributed by atoms with Crippen molar-refractivity contribution in [2.24, 2.45) is 5.92 Å². The number of nitrogens with zero attached hydrogens (tertiary/aromatic N) is 3. The van der Waals surface area contributed by atoms with Gasteiger partial charge >= 0.3 is 5.97 Å². The first-order chi connectivity index (χ1) is 17.5. The van der Waals surface area contributed by atoms with E-state index in [1.165, 1.54) is 5.56 Å². The molecule has 36 heavy (non-hydrogen) atoms. The molecule has 1 N–H and O–H groups in total. The van der Waals surface area contributed by atoms with Gasteiger partial charge in [-0.05, 0) is 62.4 Å². The lowest BCUT2D eigenvalue weighted by molar-refractivity contribution is 0.0553. The van der Waals surface area contributed by atoms with Crippen LogP contribution in [0.4, 0.5) is 0 Å². The van der Waals surface area contributed by atoms with Crippen LogP contribution >= 0.6 is 0 Å². The molecule has 1 aliphatic rings. The predicted molar refractivity (Wildman–Crippen MR) is 137 cm³/mol. The van der Waals surface area contributed by atoms with Crippen LogP contribution in [0.2, 0.25) is 0 Å². The zero-order valence-electron chi connectivity index (χ0n) is 20.3. The molecule has 0 spiro atoms. The quantitative estimate of drug-likeness (QED) is 0.323. The molecular weight excluding hydrogens is 454 g/mol. The van der Waals surface area contributed by atoms with Crippen LogP contribution < -0.4 is 0 Å². The number of aromatic carboxylic acids is 1. The third-order valence-electron chi connectivity index (χ3n) is 7.34. The molecule has 1 aliphatic heterocycles. The van der Waals surface area contributed by atoms with Gasteiger partial charge in [-0.15, -0.1) is 0 Å². The van der Waals surface area contributed by atoms with Gasteiger partial charge < -0.3 is 18.9 Å². The summed E-state index contributed by atoms with van der Waals surface area (Å²) in [6.45, 7) is 5.27. The van der Waals surface area contributed by atoms with Crippen molar-refractivity contribution in [2.75, 3.05) is 13.2 Å². The van der Waals surface area contributed by atoms with Gasteiger partial charge in [-0.3, -0.25) is 4.98 Å². The molecule has 4 heterocycles. The number of fused-ring (bicyclic) bond motifs is 3. The van der Waals surface area contributed by atoms with Crippen molar-refractivity contribution in [1.82, 2.24) is 14.7 Å². The number of benzene rings is 2. The minimum Gasteiger partial charge on any atom is -0.478 e. The second-order valence-electron chi connectivity index (χ2n) is 9.50. The molecule has 1 saturated heterocycles. The summed E-state index contributed by atoms with van der Waals surface area (Å²) in [7, 11) is 0. The van der Waals surface area contributed by atoms with Gasteiger partial charge in [-0.25, -0.2) is 4.79 Å². The Morgan fingerprint density at radius 3 is 2.53 bits per heavy atom. The van der Waals surface area contributed by atoms with Gasteiger partial charge in [0.2, 0.25) is 0 Å². The molecule has 0 bridgehead atoms. The summed E-state index contributed by atoms with van der Waals surface area (Å²) in [5, 5.41) is 14.9. The van der Waals surface area contributed by atoms with E-state index in [0.29, 0.717) is 19.1 Å². The largest absolute Gasteiger partial charge is 0.478 e. The molecule has 0 saturated carbocycles. The third kappa shape index (κ3) is 3.67. The summed E-state index contributed by atoms with van der Waals surface area (Å²) in [6.07, 6.45) is 3.71. The molecule has 0 aliphatic carbocycles. The van der Waals surface area contributed by atoms with E-state index in [9.17, 15) is 9.90 Å². The average Bonchev–Trinajstić information content (AvgIpc) is 3.41. The zero-order valence-corrected chi connectivity index (χ0v) is 20.3. The monoisotopic (exact) mass is 481 g/mol. The summed E-state index contributed by atoms with van der Waals surface area (Å²) in [5.74, 6) is 0.130. The van der Waals surface area contributed by atoms with Crippen LogP contribution in [0.15, 0.2) is 65.3 Å². The second kappa shape index (κ2) is 8.91. The van der Waals surface area contributed by atoms with Crippen molar-refractivity contribution < 1.29 is 19.2 Å². The van der Waals surface area contributed by atoms with Crippen LogP contribution in [0.25, 0.3) is 33.1 Å². The van der Waals surface area contributed by atoms with Crippen LogP contribution in [0.1, 0.15) is 46.3 Å². The Morgan fingerprint density at radius 1 is 1.06 bits per heavy atom. The number of carbonyl (C=O) groups is 1. The fourth-order valence-corrected chi connectivity index (χ4v) is 5.68. The lowest BCUT2D eigenvalue weighted by Gasteiger charge is -2.33. The van der Waals surface area contributed by atoms with Crippen LogP contribution in [0.3, 0.4) is 0 Å². The number of carboxylic acids is 1. The van der Waals surface area contributed by atoms with Crippen LogP contribution in [-0.2, 0) is 4.74 Å². The number of hydrogen-bond donors (Lipinski definition) is 1. The van der Waals surface area contributed by atoms with Gasteiger partial charge in [-0.1, -0.05) is 35.5 Å². The number of hydrogen-bond acceptors (Lipinski definition) is 5. The van der Waals surface area contributed by atoms with Gasteiger partial charge in [0, 0.05) is 35.9 Å². The third-order valence-corrected chi connectivity index (χ3v) is 7.34. The molecule has 1 fully saturated rings. The molecule has 3 aromatic heterocycles. The first-order valence-corrected chi connectivity index (χ1v) is 12.3. The second-order valence-corrected chi connectivity index (χ2v) is 9.50. The Bertz CT molecular complexity index is 1560. The van der Waals surface area contributed by atoms with Crippen molar-refractivity contribution in [1.29, 1.82) is 0 Å². The van der Waals surface area contributed by atoms with E-state index >= 15 is 0 Å². The first-order valence-electron chi connectivity index (χ1n) is 12.3. The summed E-state index contributed by atoms with van der Waals surface area (Å²) in [6, 6.07) is 17.9. The van der Waals surface area contributed by atoms with Crippen molar-refractivity contribution in [3.63, 3.8) is 0 Å². The SMILES string of the molecule is Cc1noc(C)c1-c1cnc2c3ccc(C(=O)O)cc3n([C@H](c3ccccc3)C3CCOCC3)c2c1. The molecule has 0 unspecified atom stereocenters. The highest BCUT2D eigenvalue weighted by atomic mass is 16.5. The van der Waals surface area contributed by atoms with Crippen molar-refractivity contribution >= 4 is 27.9 Å². The molecule has 0 amide bonds. The van der Waals surface area contributed by atoms with Crippen LogP contribution in [0, 0.1) is 19.8 Å². The van der Waals surface area contributed by atoms with E-state index in [2.05, 4.69) is 40.1 Å². The Kier molecular flexibility index (Phi) is 5.57. The molecular formula is C29H27N3O4. The number of ether oxygens (including phenoxy) is 1. The fourth-order valence-electron chi connectivity index (χ4n) is 5.68. The molecule has 182 valence electrons. The highest BCUT2D eigenvalue weighted by Crippen LogP contribution is 2.41. The van der Waals surface area contributed by atoms with Gasteiger partial charge in [0.25, 0.3) is 0 Å². The Hall–Kier alpha value is -3.97. The van der Waals surface area contributed by atoms with Crippen molar-refractivity contribution in [2.45, 2.75) is 32.7 Å². The standard InChI is InChI=1S/C29H27N3O4/c1-17-26(18(2)36-31-17)22-15-25-27(30-16-22)23-9-8-21(29(33)34)14-24(23)32(25)28(19-6-4-3-5-7-19)20-10-12-35-13-11-20/h3-9,14-16,20,28H,10-13H2,1-2H3,(H,33,34)/t28-/m1/s1. The van der Waals surface area contributed by atoms with Gasteiger partial charge in [0.05, 0.1) is 33.8 Å². The summed E-state index contributed by atoms with van der Waals surface area (Å²) >= 11 is 0. The van der Waals surface area contributed by atoms with E-state index in [1.54, 1.807) is 12.1 Å². The lowest BCUT2D eigenvalue weighted by Crippen LogP contribution is -2.27. The van der Waals surface area contributed by atoms with Crippen molar-refractivity contribution in [3.05, 3.63) is 83.4 Å². The summed E-state index contributed by atoms with van der Waals surface area (Å²) in [4.78, 5) is 16.8. The minimum atomic E-state index is -0.944. The first kappa shape index (κ1) is 22.5. The minimum absolute atomic E-state index is 0.000800. The highest BCUT2D eigenvalue weighted by Gasteiger charge is 2.30. The Balaban J connectivity index is 1.69. The maximum atomic E-state index is 11.9. The van der Waals surface area contributed by atoms with E-state index in [-0.39, 0.29) is 11.6 Å². The highest BCUT2D eigenvalue weighted by molar-refractivity contribution is 6.08. The molecule has 2 aromatic carbocycles. The Morgan fingerprint density at radius 2 is 1.83 bits per heavy atom. The molecule has 6 rings (SSSR count). The predicted octanol–water partition coefficient (Wildman–Crippen LogP) is 6.18. The van der Waals surface area contributed by atoms with Crippen LogP contribution in [-0.4, -0.2) is 39.0 Å². The number of aryl methyl sites for hydroxylation is 2. The molecule has 7 heteroatoms. The number of aromatic nitrogens is 3. The maximum Gasteiger partial charge on any atom is 0.335 e. The average molecular weight is 482 g/mol. The fraction of sp³-hybridized carbons (Fsp3) is 0.276.